The summed E-state index contributed by atoms with van der Waals surface area (Å²) in [7, 11) is 0. The molecule has 1 heterocycles. The summed E-state index contributed by atoms with van der Waals surface area (Å²) >= 11 is 1.68. The Kier molecular flexibility index (Phi) is 3.26. The van der Waals surface area contributed by atoms with Crippen molar-refractivity contribution in [2.24, 2.45) is 28.0 Å². The Labute approximate surface area is 96.4 Å². The molecule has 1 aliphatic heterocycles. The average Bonchev–Trinajstić information content (AvgIpc) is 2.78. The van der Waals surface area contributed by atoms with E-state index in [1.165, 1.54) is 12.8 Å². The van der Waals surface area contributed by atoms with Gasteiger partial charge in [-0.25, -0.2) is 0 Å². The van der Waals surface area contributed by atoms with Crippen molar-refractivity contribution >= 4 is 17.8 Å². The van der Waals surface area contributed by atoms with Crippen LogP contribution in [0.5, 0.6) is 0 Å². The molecular formula is C11H21N3S. The Bertz CT molecular complexity index is 255. The van der Waals surface area contributed by atoms with Gasteiger partial charge in [-0.3, -0.25) is 4.99 Å². The van der Waals surface area contributed by atoms with Gasteiger partial charge >= 0.3 is 0 Å². The molecule has 0 aromatic rings. The summed E-state index contributed by atoms with van der Waals surface area (Å²) in [4.78, 5) is 4.46. The molecular weight excluding hydrogens is 206 g/mol. The molecule has 1 saturated carbocycles. The van der Waals surface area contributed by atoms with E-state index < -0.39 is 0 Å². The molecule has 2 aliphatic rings. The van der Waals surface area contributed by atoms with Crippen molar-refractivity contribution in [3.8, 4) is 0 Å². The predicted molar refractivity (Wildman–Crippen MR) is 66.7 cm³/mol. The van der Waals surface area contributed by atoms with Gasteiger partial charge < -0.3 is 10.5 Å². The number of aliphatic imine (C=N–C) groups is 1. The van der Waals surface area contributed by atoms with Gasteiger partial charge in [0.05, 0.1) is 0 Å². The first-order chi connectivity index (χ1) is 7.15. The molecule has 3 nitrogen and oxygen atoms in total. The predicted octanol–water partition coefficient (Wildman–Crippen LogP) is 1.99. The number of nitrogens with two attached hydrogens (primary N) is 1. The Morgan fingerprint density at radius 2 is 2.13 bits per heavy atom. The second kappa shape index (κ2) is 4.34. The molecule has 2 unspecified atom stereocenters. The molecule has 1 aliphatic carbocycles. The maximum atomic E-state index is 5.98. The van der Waals surface area contributed by atoms with Crippen molar-refractivity contribution < 1.29 is 0 Å². The monoisotopic (exact) mass is 227 g/mol. The third-order valence-corrected chi connectivity index (χ3v) is 4.60. The van der Waals surface area contributed by atoms with Crippen LogP contribution in [0, 0.1) is 17.3 Å². The first kappa shape index (κ1) is 11.3. The lowest BCUT2D eigenvalue weighted by molar-refractivity contribution is 0.306. The molecule has 0 bridgehead atoms. The third-order valence-electron chi connectivity index (χ3n) is 3.97. The van der Waals surface area contributed by atoms with E-state index in [2.05, 4.69) is 23.6 Å². The molecule has 0 spiro atoms. The maximum Gasteiger partial charge on any atom is 0.108 e. The minimum atomic E-state index is 0.315. The Hall–Kier alpha value is -0.220. The lowest BCUT2D eigenvalue weighted by Gasteiger charge is -2.27. The van der Waals surface area contributed by atoms with E-state index in [4.69, 9.17) is 5.73 Å². The van der Waals surface area contributed by atoms with Gasteiger partial charge in [0.1, 0.15) is 11.7 Å². The van der Waals surface area contributed by atoms with Crippen LogP contribution in [0.25, 0.3) is 0 Å². The van der Waals surface area contributed by atoms with E-state index in [9.17, 15) is 0 Å². The first-order valence-corrected chi connectivity index (χ1v) is 6.75. The van der Waals surface area contributed by atoms with Crippen molar-refractivity contribution in [1.82, 2.24) is 4.72 Å². The lowest BCUT2D eigenvalue weighted by atomic mass is 9.81. The quantitative estimate of drug-likeness (QED) is 0.725. The van der Waals surface area contributed by atoms with Crippen LogP contribution in [0.2, 0.25) is 0 Å². The van der Waals surface area contributed by atoms with Gasteiger partial charge in [0.15, 0.2) is 0 Å². The van der Waals surface area contributed by atoms with Crippen LogP contribution in [-0.2, 0) is 0 Å². The molecule has 86 valence electrons. The van der Waals surface area contributed by atoms with Gasteiger partial charge in [-0.05, 0) is 48.6 Å². The minimum Gasteiger partial charge on any atom is -0.330 e. The lowest BCUT2D eigenvalue weighted by Crippen LogP contribution is -2.33. The molecule has 15 heavy (non-hydrogen) atoms. The fourth-order valence-corrected chi connectivity index (χ4v) is 3.53. The van der Waals surface area contributed by atoms with Crippen LogP contribution in [0.3, 0.4) is 0 Å². The molecule has 2 atom stereocenters. The molecule has 0 saturated heterocycles. The molecule has 2 rings (SSSR count). The van der Waals surface area contributed by atoms with Crippen molar-refractivity contribution in [2.45, 2.75) is 33.1 Å². The van der Waals surface area contributed by atoms with E-state index in [0.717, 1.165) is 36.5 Å². The smallest absolute Gasteiger partial charge is 0.108 e. The number of rotatable bonds is 3. The zero-order valence-corrected chi connectivity index (χ0v) is 10.4. The van der Waals surface area contributed by atoms with Crippen LogP contribution >= 0.6 is 11.9 Å². The Balaban J connectivity index is 2.03. The van der Waals surface area contributed by atoms with Gasteiger partial charge in [-0.1, -0.05) is 13.8 Å². The van der Waals surface area contributed by atoms with E-state index in [-0.39, 0.29) is 0 Å². The summed E-state index contributed by atoms with van der Waals surface area (Å²) < 4.78 is 3.28. The standard InChI is InChI=1S/C11H21N3S/c1-8-3-11(6-12,4-9(8)2)5-10-13-7-15-14-10/h8-9H,3-7,12H2,1-2H3,(H,13,14). The van der Waals surface area contributed by atoms with Crippen LogP contribution in [0.1, 0.15) is 33.1 Å². The molecule has 0 radical (unpaired) electrons. The summed E-state index contributed by atoms with van der Waals surface area (Å²) in [6.07, 6.45) is 3.57. The summed E-state index contributed by atoms with van der Waals surface area (Å²) in [5, 5.41) is 0. The van der Waals surface area contributed by atoms with E-state index >= 15 is 0 Å². The topological polar surface area (TPSA) is 50.4 Å². The summed E-state index contributed by atoms with van der Waals surface area (Å²) in [6.45, 7) is 5.49. The van der Waals surface area contributed by atoms with Crippen LogP contribution < -0.4 is 10.5 Å². The minimum absolute atomic E-state index is 0.315. The van der Waals surface area contributed by atoms with E-state index in [1.807, 2.05) is 0 Å². The zero-order chi connectivity index (χ0) is 10.9. The van der Waals surface area contributed by atoms with Crippen LogP contribution in [0.15, 0.2) is 4.99 Å². The van der Waals surface area contributed by atoms with Crippen LogP contribution in [-0.4, -0.2) is 18.3 Å². The fraction of sp³-hybridized carbons (Fsp3) is 0.909. The molecule has 1 fully saturated rings. The van der Waals surface area contributed by atoms with Crippen molar-refractivity contribution in [1.29, 1.82) is 0 Å². The largest absolute Gasteiger partial charge is 0.330 e. The molecule has 3 N–H and O–H groups in total. The molecule has 4 heteroatoms. The Morgan fingerprint density at radius 3 is 2.60 bits per heavy atom. The van der Waals surface area contributed by atoms with Gasteiger partial charge in [-0.2, -0.15) is 0 Å². The summed E-state index contributed by atoms with van der Waals surface area (Å²) in [5.41, 5.74) is 6.30. The zero-order valence-electron chi connectivity index (χ0n) is 9.62. The highest BCUT2D eigenvalue weighted by Crippen LogP contribution is 2.47. The van der Waals surface area contributed by atoms with Gasteiger partial charge in [-0.15, -0.1) is 0 Å². The van der Waals surface area contributed by atoms with Gasteiger partial charge in [0.2, 0.25) is 0 Å². The summed E-state index contributed by atoms with van der Waals surface area (Å²) in [6, 6.07) is 0. The second-order valence-electron chi connectivity index (χ2n) is 5.22. The number of hydrogen-bond donors (Lipinski definition) is 2. The summed E-state index contributed by atoms with van der Waals surface area (Å²) in [5.74, 6) is 3.64. The normalized spacial score (nSPS) is 40.3. The molecule has 0 aromatic carbocycles. The average molecular weight is 227 g/mol. The molecule has 0 amide bonds. The highest BCUT2D eigenvalue weighted by Gasteiger charge is 2.41. The number of nitrogens with one attached hydrogen (secondary N) is 1. The second-order valence-corrected chi connectivity index (χ2v) is 5.98. The van der Waals surface area contributed by atoms with Crippen molar-refractivity contribution in [3.63, 3.8) is 0 Å². The number of amidine groups is 1. The van der Waals surface area contributed by atoms with Gasteiger partial charge in [0.25, 0.3) is 0 Å². The van der Waals surface area contributed by atoms with Crippen LogP contribution in [0.4, 0.5) is 0 Å². The highest BCUT2D eigenvalue weighted by molar-refractivity contribution is 7.98. The highest BCUT2D eigenvalue weighted by atomic mass is 32.2. The maximum absolute atomic E-state index is 5.98. The van der Waals surface area contributed by atoms with Crippen molar-refractivity contribution in [3.05, 3.63) is 0 Å². The van der Waals surface area contributed by atoms with E-state index in [0.29, 0.717) is 5.41 Å². The van der Waals surface area contributed by atoms with E-state index in [1.54, 1.807) is 11.9 Å². The fourth-order valence-electron chi connectivity index (χ4n) is 2.94. The SMILES string of the molecule is CC1CC(CN)(CC2=NCSN2)CC1C. The number of nitrogens with zero attached hydrogens (tertiary/aromatic N) is 1. The third kappa shape index (κ3) is 2.31. The Morgan fingerprint density at radius 1 is 1.47 bits per heavy atom. The van der Waals surface area contributed by atoms with Crippen molar-refractivity contribution in [2.75, 3.05) is 12.4 Å². The number of hydrogen-bond acceptors (Lipinski definition) is 4. The van der Waals surface area contributed by atoms with Gasteiger partial charge in [0, 0.05) is 6.42 Å². The first-order valence-electron chi connectivity index (χ1n) is 5.76. The molecule has 0 aromatic heterocycles.